The van der Waals surface area contributed by atoms with Crippen LogP contribution in [0.2, 0.25) is 0 Å². The molecule has 200 valence electrons. The lowest BCUT2D eigenvalue weighted by molar-refractivity contribution is -0.144. The van der Waals surface area contributed by atoms with Crippen LogP contribution < -0.4 is 5.56 Å². The third kappa shape index (κ3) is 5.67. The number of H-pyrrole nitrogens is 1. The van der Waals surface area contributed by atoms with Gasteiger partial charge in [0.25, 0.3) is 5.56 Å². The fourth-order valence-electron chi connectivity index (χ4n) is 3.29. The standard InChI is InChI=1S/C21H10F12N2O2/c1-8-15(16(36)9-2-10(18(22,23)24)4-11(3-9)19(25,26)27)17(37)35(34-8)14-6-12(20(28,29)30)5-13(7-14)21(31,32)33/h2-7,34H,1H3. The number of benzene rings is 2. The first-order chi connectivity index (χ1) is 16.6. The Labute approximate surface area is 197 Å². The molecule has 0 saturated heterocycles. The molecule has 1 heterocycles. The molecule has 37 heavy (non-hydrogen) atoms. The molecule has 3 aromatic rings. The minimum atomic E-state index is -5.34. The fourth-order valence-corrected chi connectivity index (χ4v) is 3.29. The van der Waals surface area contributed by atoms with E-state index in [0.717, 1.165) is 6.92 Å². The summed E-state index contributed by atoms with van der Waals surface area (Å²) in [5.41, 5.74) is -13.0. The Kier molecular flexibility index (Phi) is 6.55. The Morgan fingerprint density at radius 1 is 0.649 bits per heavy atom. The van der Waals surface area contributed by atoms with E-state index in [1.807, 2.05) is 5.10 Å². The summed E-state index contributed by atoms with van der Waals surface area (Å²) in [5, 5.41) is 2.03. The lowest BCUT2D eigenvalue weighted by Gasteiger charge is -2.14. The van der Waals surface area contributed by atoms with Crippen LogP contribution in [-0.4, -0.2) is 15.6 Å². The summed E-state index contributed by atoms with van der Waals surface area (Å²) in [5.74, 6) is -1.68. The molecular weight excluding hydrogens is 540 g/mol. The molecule has 2 aromatic carbocycles. The van der Waals surface area contributed by atoms with Crippen LogP contribution in [-0.2, 0) is 24.7 Å². The Morgan fingerprint density at radius 3 is 1.35 bits per heavy atom. The Balaban J connectivity index is 2.23. The van der Waals surface area contributed by atoms with Crippen LogP contribution in [0.3, 0.4) is 0 Å². The van der Waals surface area contributed by atoms with Crippen LogP contribution in [0.5, 0.6) is 0 Å². The van der Waals surface area contributed by atoms with Crippen LogP contribution in [0.4, 0.5) is 52.7 Å². The average Bonchev–Trinajstić information content (AvgIpc) is 3.04. The van der Waals surface area contributed by atoms with Gasteiger partial charge in [-0.15, -0.1) is 0 Å². The molecule has 1 N–H and O–H groups in total. The number of aryl methyl sites for hydroxylation is 1. The van der Waals surface area contributed by atoms with Crippen molar-refractivity contribution in [3.63, 3.8) is 0 Å². The van der Waals surface area contributed by atoms with Gasteiger partial charge in [0.1, 0.15) is 5.56 Å². The van der Waals surface area contributed by atoms with Crippen LogP contribution >= 0.6 is 0 Å². The fraction of sp³-hybridized carbons (Fsp3) is 0.238. The molecule has 1 aromatic heterocycles. The number of carbonyl (C=O) groups excluding carboxylic acids is 1. The van der Waals surface area contributed by atoms with E-state index < -0.39 is 80.8 Å². The number of aromatic nitrogens is 2. The molecule has 0 radical (unpaired) electrons. The Bertz CT molecular complexity index is 1360. The van der Waals surface area contributed by atoms with Crippen molar-refractivity contribution in [2.75, 3.05) is 0 Å². The second-order valence-corrected chi connectivity index (χ2v) is 7.64. The molecule has 3 rings (SSSR count). The van der Waals surface area contributed by atoms with Crippen molar-refractivity contribution >= 4 is 5.78 Å². The SMILES string of the molecule is Cc1[nH]n(-c2cc(C(F)(F)F)cc(C(F)(F)F)c2)c(=O)c1C(=O)c1cc(C(F)(F)F)cc(C(F)(F)F)c1. The molecule has 0 aliphatic heterocycles. The molecule has 0 atom stereocenters. The summed E-state index contributed by atoms with van der Waals surface area (Å²) in [4.78, 5) is 25.6. The molecule has 0 spiro atoms. The largest absolute Gasteiger partial charge is 0.416 e. The zero-order valence-corrected chi connectivity index (χ0v) is 17.8. The van der Waals surface area contributed by atoms with Crippen molar-refractivity contribution in [3.8, 4) is 5.69 Å². The molecule has 0 unspecified atom stereocenters. The van der Waals surface area contributed by atoms with Gasteiger partial charge in [-0.3, -0.25) is 14.7 Å². The zero-order valence-electron chi connectivity index (χ0n) is 17.8. The van der Waals surface area contributed by atoms with E-state index in [-0.39, 0.29) is 41.1 Å². The molecular formula is C21H10F12N2O2. The summed E-state index contributed by atoms with van der Waals surface area (Å²) < 4.78 is 158. The van der Waals surface area contributed by atoms with Crippen molar-refractivity contribution < 1.29 is 57.5 Å². The van der Waals surface area contributed by atoms with Gasteiger partial charge < -0.3 is 0 Å². The number of ketones is 1. The van der Waals surface area contributed by atoms with Crippen molar-refractivity contribution in [1.82, 2.24) is 9.78 Å². The van der Waals surface area contributed by atoms with Gasteiger partial charge in [0.05, 0.1) is 27.9 Å². The number of hydrogen-bond donors (Lipinski definition) is 1. The number of aromatic amines is 1. The van der Waals surface area contributed by atoms with E-state index in [2.05, 4.69) is 0 Å². The third-order valence-electron chi connectivity index (χ3n) is 4.98. The smallest absolute Gasteiger partial charge is 0.295 e. The summed E-state index contributed by atoms with van der Waals surface area (Å²) >= 11 is 0. The summed E-state index contributed by atoms with van der Waals surface area (Å²) in [6.07, 6.45) is -21.3. The van der Waals surface area contributed by atoms with E-state index in [1.165, 1.54) is 0 Å². The van der Waals surface area contributed by atoms with Gasteiger partial charge in [0.2, 0.25) is 5.78 Å². The minimum Gasteiger partial charge on any atom is -0.295 e. The summed E-state index contributed by atoms with van der Waals surface area (Å²) in [6.45, 7) is 0.918. The number of carbonyl (C=O) groups is 1. The summed E-state index contributed by atoms with van der Waals surface area (Å²) in [6, 6.07) is -0.197. The van der Waals surface area contributed by atoms with E-state index in [0.29, 0.717) is 0 Å². The van der Waals surface area contributed by atoms with E-state index in [4.69, 9.17) is 0 Å². The monoisotopic (exact) mass is 550 g/mol. The van der Waals surface area contributed by atoms with Crippen molar-refractivity contribution in [2.24, 2.45) is 0 Å². The Hall–Kier alpha value is -3.72. The highest BCUT2D eigenvalue weighted by atomic mass is 19.4. The van der Waals surface area contributed by atoms with Gasteiger partial charge in [-0.1, -0.05) is 0 Å². The van der Waals surface area contributed by atoms with Crippen molar-refractivity contribution in [1.29, 1.82) is 0 Å². The minimum absolute atomic E-state index is 0.0276. The molecule has 0 saturated carbocycles. The predicted octanol–water partition coefficient (Wildman–Crippen LogP) is 6.78. The lowest BCUT2D eigenvalue weighted by Crippen LogP contribution is -2.23. The molecule has 0 fully saturated rings. The summed E-state index contributed by atoms with van der Waals surface area (Å²) in [7, 11) is 0. The quantitative estimate of drug-likeness (QED) is 0.289. The molecule has 4 nitrogen and oxygen atoms in total. The van der Waals surface area contributed by atoms with Crippen LogP contribution in [0.1, 0.15) is 43.9 Å². The molecule has 16 heteroatoms. The van der Waals surface area contributed by atoms with Crippen LogP contribution in [0, 0.1) is 6.92 Å². The van der Waals surface area contributed by atoms with E-state index >= 15 is 0 Å². The van der Waals surface area contributed by atoms with Gasteiger partial charge in [-0.05, 0) is 43.3 Å². The lowest BCUT2D eigenvalue weighted by atomic mass is 9.98. The van der Waals surface area contributed by atoms with Crippen LogP contribution in [0.15, 0.2) is 41.2 Å². The van der Waals surface area contributed by atoms with Crippen molar-refractivity contribution in [3.05, 3.63) is 85.8 Å². The molecule has 0 bridgehead atoms. The normalized spacial score (nSPS) is 13.2. The number of alkyl halides is 12. The van der Waals surface area contributed by atoms with Gasteiger partial charge in [-0.25, -0.2) is 4.68 Å². The zero-order chi connectivity index (χ0) is 28.3. The second-order valence-electron chi connectivity index (χ2n) is 7.64. The number of nitrogens with zero attached hydrogens (tertiary/aromatic N) is 1. The van der Waals surface area contributed by atoms with Crippen molar-refractivity contribution in [2.45, 2.75) is 31.6 Å². The number of nitrogens with one attached hydrogen (secondary N) is 1. The maximum Gasteiger partial charge on any atom is 0.416 e. The molecule has 0 aliphatic rings. The highest BCUT2D eigenvalue weighted by Crippen LogP contribution is 2.38. The first-order valence-corrected chi connectivity index (χ1v) is 9.56. The van der Waals surface area contributed by atoms with Gasteiger partial charge in [-0.2, -0.15) is 52.7 Å². The first kappa shape index (κ1) is 27.9. The van der Waals surface area contributed by atoms with Gasteiger partial charge in [0.15, 0.2) is 0 Å². The Morgan fingerprint density at radius 2 is 1.00 bits per heavy atom. The first-order valence-electron chi connectivity index (χ1n) is 9.56. The van der Waals surface area contributed by atoms with Gasteiger partial charge in [0, 0.05) is 11.3 Å². The molecule has 0 amide bonds. The van der Waals surface area contributed by atoms with E-state index in [1.54, 1.807) is 0 Å². The third-order valence-corrected chi connectivity index (χ3v) is 4.98. The average molecular weight is 550 g/mol. The predicted molar refractivity (Wildman–Crippen MR) is 101 cm³/mol. The maximum absolute atomic E-state index is 13.2. The topological polar surface area (TPSA) is 54.9 Å². The van der Waals surface area contributed by atoms with Crippen LogP contribution in [0.25, 0.3) is 5.69 Å². The number of rotatable bonds is 3. The number of hydrogen-bond acceptors (Lipinski definition) is 2. The van der Waals surface area contributed by atoms with E-state index in [9.17, 15) is 62.3 Å². The molecule has 0 aliphatic carbocycles. The second kappa shape index (κ2) is 8.69. The number of halogens is 12. The maximum atomic E-state index is 13.2. The van der Waals surface area contributed by atoms with Gasteiger partial charge >= 0.3 is 24.7 Å². The highest BCUT2D eigenvalue weighted by molar-refractivity contribution is 6.09. The highest BCUT2D eigenvalue weighted by Gasteiger charge is 2.39.